The number of morpholine rings is 1. The first-order valence-electron chi connectivity index (χ1n) is 5.82. The number of nitrogens with one attached hydrogen (secondary N) is 3. The summed E-state index contributed by atoms with van der Waals surface area (Å²) in [5, 5.41) is 5.02. The van der Waals surface area contributed by atoms with E-state index in [1.54, 1.807) is 0 Å². The summed E-state index contributed by atoms with van der Waals surface area (Å²) in [6, 6.07) is 0. The van der Waals surface area contributed by atoms with Crippen LogP contribution in [0.2, 0.25) is 0 Å². The lowest BCUT2D eigenvalue weighted by atomic mass is 10.4. The van der Waals surface area contributed by atoms with Crippen molar-refractivity contribution in [2.75, 3.05) is 45.9 Å². The molecule has 0 radical (unpaired) electrons. The van der Waals surface area contributed by atoms with E-state index < -0.39 is 11.8 Å². The summed E-state index contributed by atoms with van der Waals surface area (Å²) in [5.41, 5.74) is 0. The molecule has 0 unspecified atom stereocenters. The van der Waals surface area contributed by atoms with Gasteiger partial charge in [-0.25, -0.2) is 0 Å². The van der Waals surface area contributed by atoms with Gasteiger partial charge in [-0.15, -0.1) is 6.58 Å². The molecule has 0 saturated carbocycles. The van der Waals surface area contributed by atoms with Gasteiger partial charge in [-0.3, -0.25) is 9.59 Å². The van der Waals surface area contributed by atoms with Gasteiger partial charge in [0, 0.05) is 6.54 Å². The highest BCUT2D eigenvalue weighted by Crippen LogP contribution is 1.74. The van der Waals surface area contributed by atoms with Crippen molar-refractivity contribution in [3.63, 3.8) is 0 Å². The van der Waals surface area contributed by atoms with Crippen molar-refractivity contribution < 1.29 is 19.2 Å². The zero-order chi connectivity index (χ0) is 12.5. The average molecular weight is 242 g/mol. The molecule has 96 valence electrons. The third-order valence-electron chi connectivity index (χ3n) is 2.58. The normalized spacial score (nSPS) is 16.2. The lowest BCUT2D eigenvalue weighted by Crippen LogP contribution is -3.14. The Morgan fingerprint density at radius 2 is 1.88 bits per heavy atom. The van der Waals surface area contributed by atoms with Crippen molar-refractivity contribution in [2.24, 2.45) is 0 Å². The summed E-state index contributed by atoms with van der Waals surface area (Å²) in [6.07, 6.45) is 1.53. The molecule has 0 bridgehead atoms. The first-order valence-corrected chi connectivity index (χ1v) is 5.82. The molecule has 2 amide bonds. The summed E-state index contributed by atoms with van der Waals surface area (Å²) < 4.78 is 5.23. The van der Waals surface area contributed by atoms with E-state index in [1.165, 1.54) is 11.0 Å². The van der Waals surface area contributed by atoms with Crippen LogP contribution < -0.4 is 15.5 Å². The summed E-state index contributed by atoms with van der Waals surface area (Å²) in [5.74, 6) is -1.19. The fourth-order valence-electron chi connectivity index (χ4n) is 1.59. The van der Waals surface area contributed by atoms with Gasteiger partial charge in [-0.05, 0) is 0 Å². The number of ether oxygens (including phenoxy) is 1. The number of amides is 2. The molecule has 0 aromatic heterocycles. The molecule has 0 spiro atoms. The number of rotatable bonds is 5. The third kappa shape index (κ3) is 5.46. The van der Waals surface area contributed by atoms with E-state index in [-0.39, 0.29) is 0 Å². The van der Waals surface area contributed by atoms with E-state index in [0.29, 0.717) is 13.1 Å². The molecule has 1 fully saturated rings. The number of hydrogen-bond acceptors (Lipinski definition) is 3. The van der Waals surface area contributed by atoms with E-state index in [4.69, 9.17) is 4.74 Å². The summed E-state index contributed by atoms with van der Waals surface area (Å²) >= 11 is 0. The molecule has 1 heterocycles. The van der Waals surface area contributed by atoms with E-state index in [2.05, 4.69) is 17.2 Å². The molecule has 1 saturated heterocycles. The smallest absolute Gasteiger partial charge is 0.309 e. The quantitative estimate of drug-likeness (QED) is 0.363. The number of quaternary nitrogens is 1. The zero-order valence-corrected chi connectivity index (χ0v) is 9.96. The molecule has 0 aromatic carbocycles. The van der Waals surface area contributed by atoms with Crippen LogP contribution in [-0.4, -0.2) is 57.8 Å². The van der Waals surface area contributed by atoms with Crippen LogP contribution in [0, 0.1) is 0 Å². The molecule has 1 rings (SSSR count). The fraction of sp³-hybridized carbons (Fsp3) is 0.636. The third-order valence-corrected chi connectivity index (χ3v) is 2.58. The first-order chi connectivity index (χ1) is 8.24. The molecule has 6 nitrogen and oxygen atoms in total. The Morgan fingerprint density at radius 1 is 1.24 bits per heavy atom. The fourth-order valence-corrected chi connectivity index (χ4v) is 1.59. The van der Waals surface area contributed by atoms with Crippen LogP contribution in [0.3, 0.4) is 0 Å². The minimum Gasteiger partial charge on any atom is -0.370 e. The predicted molar refractivity (Wildman–Crippen MR) is 62.6 cm³/mol. The molecule has 1 aliphatic rings. The van der Waals surface area contributed by atoms with Crippen LogP contribution in [0.25, 0.3) is 0 Å². The summed E-state index contributed by atoms with van der Waals surface area (Å²) in [7, 11) is 0. The lowest BCUT2D eigenvalue weighted by Gasteiger charge is -2.23. The molecule has 17 heavy (non-hydrogen) atoms. The van der Waals surface area contributed by atoms with E-state index in [9.17, 15) is 9.59 Å². The molecule has 3 N–H and O–H groups in total. The standard InChI is InChI=1S/C11H19N3O3/c1-2-3-12-10(15)11(16)13-4-5-14-6-8-17-9-7-14/h2H,1,3-9H2,(H,12,15)(H,13,16)/p+1. The van der Waals surface area contributed by atoms with Gasteiger partial charge >= 0.3 is 11.8 Å². The molecule has 6 heteroatoms. The molecule has 1 aliphatic heterocycles. The molecule has 0 atom stereocenters. The second kappa shape index (κ2) is 7.81. The van der Waals surface area contributed by atoms with Gasteiger partial charge in [0.25, 0.3) is 0 Å². The number of hydrogen-bond donors (Lipinski definition) is 3. The minimum atomic E-state index is -0.609. The van der Waals surface area contributed by atoms with Crippen molar-refractivity contribution in [1.29, 1.82) is 0 Å². The Labute approximate surface area is 101 Å². The van der Waals surface area contributed by atoms with Crippen molar-refractivity contribution >= 4 is 11.8 Å². The second-order valence-corrected chi connectivity index (χ2v) is 3.87. The van der Waals surface area contributed by atoms with Crippen LogP contribution in [-0.2, 0) is 14.3 Å². The van der Waals surface area contributed by atoms with Crippen LogP contribution >= 0.6 is 0 Å². The number of carbonyl (C=O) groups excluding carboxylic acids is 2. The zero-order valence-electron chi connectivity index (χ0n) is 9.96. The Morgan fingerprint density at radius 3 is 2.53 bits per heavy atom. The number of carbonyl (C=O) groups is 2. The topological polar surface area (TPSA) is 71.9 Å². The summed E-state index contributed by atoms with van der Waals surface area (Å²) in [4.78, 5) is 23.9. The Bertz CT molecular complexity index is 275. The predicted octanol–water partition coefficient (Wildman–Crippen LogP) is -2.68. The average Bonchev–Trinajstić information content (AvgIpc) is 2.37. The van der Waals surface area contributed by atoms with E-state index >= 15 is 0 Å². The van der Waals surface area contributed by atoms with Gasteiger partial charge in [0.1, 0.15) is 13.1 Å². The van der Waals surface area contributed by atoms with E-state index in [1.807, 2.05) is 0 Å². The van der Waals surface area contributed by atoms with Gasteiger partial charge < -0.3 is 20.3 Å². The van der Waals surface area contributed by atoms with Crippen molar-refractivity contribution in [2.45, 2.75) is 0 Å². The Balaban J connectivity index is 2.10. The van der Waals surface area contributed by atoms with Crippen LogP contribution in [0.4, 0.5) is 0 Å². The van der Waals surface area contributed by atoms with Gasteiger partial charge in [0.2, 0.25) is 0 Å². The highest BCUT2D eigenvalue weighted by molar-refractivity contribution is 6.35. The van der Waals surface area contributed by atoms with Gasteiger partial charge in [-0.2, -0.15) is 0 Å². The maximum Gasteiger partial charge on any atom is 0.309 e. The largest absolute Gasteiger partial charge is 0.370 e. The Kier molecular flexibility index (Phi) is 6.27. The van der Waals surface area contributed by atoms with E-state index in [0.717, 1.165) is 32.8 Å². The molecule has 0 aromatic rings. The maximum absolute atomic E-state index is 11.3. The highest BCUT2D eigenvalue weighted by Gasteiger charge is 2.15. The lowest BCUT2D eigenvalue weighted by molar-refractivity contribution is -0.906. The van der Waals surface area contributed by atoms with Crippen LogP contribution in [0.1, 0.15) is 0 Å². The Hall–Kier alpha value is -1.40. The van der Waals surface area contributed by atoms with Crippen molar-refractivity contribution in [1.82, 2.24) is 10.6 Å². The van der Waals surface area contributed by atoms with Crippen LogP contribution in [0.15, 0.2) is 12.7 Å². The summed E-state index contributed by atoms with van der Waals surface area (Å²) in [6.45, 7) is 8.54. The van der Waals surface area contributed by atoms with Crippen molar-refractivity contribution in [3.8, 4) is 0 Å². The highest BCUT2D eigenvalue weighted by atomic mass is 16.5. The SMILES string of the molecule is C=CCNC(=O)C(=O)NCC[NH+]1CCOCC1. The van der Waals surface area contributed by atoms with Crippen LogP contribution in [0.5, 0.6) is 0 Å². The minimum absolute atomic E-state index is 0.307. The van der Waals surface area contributed by atoms with Gasteiger partial charge in [0.05, 0.1) is 26.3 Å². The molecular weight excluding hydrogens is 222 g/mol. The van der Waals surface area contributed by atoms with Crippen molar-refractivity contribution in [3.05, 3.63) is 12.7 Å². The molecule has 0 aliphatic carbocycles. The first kappa shape index (κ1) is 13.7. The maximum atomic E-state index is 11.3. The van der Waals surface area contributed by atoms with Gasteiger partial charge in [0.15, 0.2) is 0 Å². The molecular formula is C11H20N3O3+. The second-order valence-electron chi connectivity index (χ2n) is 3.87. The monoisotopic (exact) mass is 242 g/mol. The van der Waals surface area contributed by atoms with Gasteiger partial charge in [-0.1, -0.05) is 6.08 Å².